The summed E-state index contributed by atoms with van der Waals surface area (Å²) >= 11 is 0. The summed E-state index contributed by atoms with van der Waals surface area (Å²) in [5.41, 5.74) is 6.74. The summed E-state index contributed by atoms with van der Waals surface area (Å²) in [6.45, 7) is 7.82. The van der Waals surface area contributed by atoms with Crippen LogP contribution in [0.3, 0.4) is 0 Å². The Bertz CT molecular complexity index is 1210. The van der Waals surface area contributed by atoms with Gasteiger partial charge in [0.2, 0.25) is 0 Å². The number of pyridine rings is 1. The zero-order valence-corrected chi connectivity index (χ0v) is 19.2. The normalized spacial score (nSPS) is 14.9. The second kappa shape index (κ2) is 8.70. The van der Waals surface area contributed by atoms with Crippen LogP contribution in [0.25, 0.3) is 22.6 Å². The van der Waals surface area contributed by atoms with Crippen LogP contribution in [0.5, 0.6) is 0 Å². The van der Waals surface area contributed by atoms with E-state index in [2.05, 4.69) is 51.1 Å². The molecule has 4 nitrogen and oxygen atoms in total. The van der Waals surface area contributed by atoms with Gasteiger partial charge in [-0.2, -0.15) is 0 Å². The molecule has 0 saturated carbocycles. The first-order valence-corrected chi connectivity index (χ1v) is 11.1. The van der Waals surface area contributed by atoms with Crippen LogP contribution in [0, 0.1) is 0 Å². The summed E-state index contributed by atoms with van der Waals surface area (Å²) in [4.78, 5) is 29.3. The number of carbonyl (C=O) groups excluding carboxylic acids is 2. The summed E-state index contributed by atoms with van der Waals surface area (Å²) in [5, 5.41) is 0.774. The van der Waals surface area contributed by atoms with Gasteiger partial charge in [-0.3, -0.25) is 4.79 Å². The maximum absolute atomic E-state index is 13.0. The summed E-state index contributed by atoms with van der Waals surface area (Å²) in [7, 11) is 0. The summed E-state index contributed by atoms with van der Waals surface area (Å²) in [6.07, 6.45) is 4.78. The molecule has 0 unspecified atom stereocenters. The van der Waals surface area contributed by atoms with Gasteiger partial charge in [-0.05, 0) is 66.0 Å². The molecule has 0 spiro atoms. The van der Waals surface area contributed by atoms with E-state index in [0.717, 1.165) is 52.6 Å². The number of aromatic nitrogens is 1. The summed E-state index contributed by atoms with van der Waals surface area (Å²) < 4.78 is 5.33. The lowest BCUT2D eigenvalue weighted by Crippen LogP contribution is -2.17. The topological polar surface area (TPSA) is 56.3 Å². The molecule has 0 bridgehead atoms. The van der Waals surface area contributed by atoms with Crippen LogP contribution >= 0.6 is 0 Å². The minimum absolute atomic E-state index is 0.110. The lowest BCUT2D eigenvalue weighted by atomic mass is 9.85. The minimum Gasteiger partial charge on any atom is -0.454 e. The van der Waals surface area contributed by atoms with Crippen molar-refractivity contribution in [3.63, 3.8) is 0 Å². The van der Waals surface area contributed by atoms with E-state index in [-0.39, 0.29) is 17.8 Å². The molecule has 0 fully saturated rings. The molecule has 3 aromatic rings. The van der Waals surface area contributed by atoms with Gasteiger partial charge in [-0.25, -0.2) is 9.78 Å². The average molecular weight is 428 g/mol. The van der Waals surface area contributed by atoms with Crippen molar-refractivity contribution >= 4 is 34.3 Å². The molecule has 0 atom stereocenters. The molecule has 0 radical (unpaired) electrons. The van der Waals surface area contributed by atoms with Crippen molar-refractivity contribution in [2.24, 2.45) is 0 Å². The van der Waals surface area contributed by atoms with Crippen LogP contribution in [0.4, 0.5) is 0 Å². The number of rotatable bonds is 4. The Labute approximate surface area is 189 Å². The molecule has 1 aliphatic carbocycles. The minimum atomic E-state index is -0.453. The molecule has 1 heterocycles. The molecule has 2 aromatic carbocycles. The van der Waals surface area contributed by atoms with Gasteiger partial charge < -0.3 is 4.74 Å². The van der Waals surface area contributed by atoms with Crippen molar-refractivity contribution in [1.82, 2.24) is 4.98 Å². The standard InChI is InChI=1S/C28H29NO3/c1-18(30)17-32-27(31)25-22-9-5-6-11-24(22)29-26-20(8-7-10-23(25)26)16-19-12-14-21(15-13-19)28(2,3)4/h5-6,9,11-16H,7-8,10,17H2,1-4H3. The van der Waals surface area contributed by atoms with E-state index in [0.29, 0.717) is 5.56 Å². The van der Waals surface area contributed by atoms with Gasteiger partial charge in [-0.15, -0.1) is 0 Å². The maximum atomic E-state index is 13.0. The number of Topliss-reactive ketones (excluding diaryl/α,β-unsaturated/α-hetero) is 1. The Kier molecular flexibility index (Phi) is 5.96. The highest BCUT2D eigenvalue weighted by Gasteiger charge is 2.26. The predicted octanol–water partition coefficient (Wildman–Crippen LogP) is 6.16. The second-order valence-corrected chi connectivity index (χ2v) is 9.50. The molecule has 1 aromatic heterocycles. The smallest absolute Gasteiger partial charge is 0.339 e. The summed E-state index contributed by atoms with van der Waals surface area (Å²) in [5.74, 6) is -0.629. The van der Waals surface area contributed by atoms with Crippen LogP contribution in [0.2, 0.25) is 0 Å². The van der Waals surface area contributed by atoms with Crippen LogP contribution in [-0.2, 0) is 21.4 Å². The fraction of sp³-hybridized carbons (Fsp3) is 0.321. The zero-order valence-electron chi connectivity index (χ0n) is 19.2. The van der Waals surface area contributed by atoms with Gasteiger partial charge in [0.1, 0.15) is 6.61 Å². The number of hydrogen-bond donors (Lipinski definition) is 0. The van der Waals surface area contributed by atoms with E-state index >= 15 is 0 Å². The molecule has 0 N–H and O–H groups in total. The molecule has 0 amide bonds. The highest BCUT2D eigenvalue weighted by Crippen LogP contribution is 2.36. The van der Waals surface area contributed by atoms with Crippen molar-refractivity contribution in [3.05, 3.63) is 76.5 Å². The molecular formula is C28H29NO3. The van der Waals surface area contributed by atoms with E-state index in [1.54, 1.807) is 0 Å². The zero-order chi connectivity index (χ0) is 22.9. The molecule has 164 valence electrons. The number of ketones is 1. The third-order valence-electron chi connectivity index (χ3n) is 5.90. The number of hydrogen-bond acceptors (Lipinski definition) is 4. The van der Waals surface area contributed by atoms with Gasteiger partial charge in [0.05, 0.1) is 16.8 Å². The molecule has 1 aliphatic rings. The Morgan fingerprint density at radius 1 is 1.03 bits per heavy atom. The van der Waals surface area contributed by atoms with E-state index in [1.807, 2.05) is 24.3 Å². The van der Waals surface area contributed by atoms with Crippen molar-refractivity contribution in [3.8, 4) is 0 Å². The number of esters is 1. The van der Waals surface area contributed by atoms with Crippen LogP contribution < -0.4 is 0 Å². The molecule has 0 aliphatic heterocycles. The van der Waals surface area contributed by atoms with E-state index < -0.39 is 5.97 Å². The summed E-state index contributed by atoms with van der Waals surface area (Å²) in [6, 6.07) is 16.3. The molecule has 4 rings (SSSR count). The Balaban J connectivity index is 1.81. The molecular weight excluding hydrogens is 398 g/mol. The largest absolute Gasteiger partial charge is 0.454 e. The Morgan fingerprint density at radius 2 is 1.75 bits per heavy atom. The quantitative estimate of drug-likeness (QED) is 0.468. The van der Waals surface area contributed by atoms with Crippen molar-refractivity contribution in [1.29, 1.82) is 0 Å². The monoisotopic (exact) mass is 427 g/mol. The Morgan fingerprint density at radius 3 is 2.44 bits per heavy atom. The van der Waals surface area contributed by atoms with Crippen LogP contribution in [-0.4, -0.2) is 23.3 Å². The number of ether oxygens (including phenoxy) is 1. The SMILES string of the molecule is CC(=O)COC(=O)c1c2c(nc3ccccc13)C(=Cc1ccc(C(C)(C)C)cc1)CCC2. The fourth-order valence-electron chi connectivity index (χ4n) is 4.23. The van der Waals surface area contributed by atoms with Crippen molar-refractivity contribution in [2.75, 3.05) is 6.61 Å². The highest BCUT2D eigenvalue weighted by atomic mass is 16.5. The number of fused-ring (bicyclic) bond motifs is 2. The predicted molar refractivity (Wildman–Crippen MR) is 129 cm³/mol. The Hall–Kier alpha value is -3.27. The third-order valence-corrected chi connectivity index (χ3v) is 5.90. The van der Waals surface area contributed by atoms with E-state index in [9.17, 15) is 9.59 Å². The molecule has 32 heavy (non-hydrogen) atoms. The van der Waals surface area contributed by atoms with Gasteiger partial charge in [-0.1, -0.05) is 63.2 Å². The maximum Gasteiger partial charge on any atom is 0.339 e. The van der Waals surface area contributed by atoms with Gasteiger partial charge in [0, 0.05) is 5.39 Å². The van der Waals surface area contributed by atoms with Crippen molar-refractivity contribution < 1.29 is 14.3 Å². The first-order valence-electron chi connectivity index (χ1n) is 11.1. The third kappa shape index (κ3) is 4.50. The van der Waals surface area contributed by atoms with Gasteiger partial charge >= 0.3 is 5.97 Å². The van der Waals surface area contributed by atoms with Gasteiger partial charge in [0.25, 0.3) is 0 Å². The number of carbonyl (C=O) groups is 2. The number of benzene rings is 2. The van der Waals surface area contributed by atoms with Gasteiger partial charge in [0.15, 0.2) is 5.78 Å². The molecule has 0 saturated heterocycles. The number of nitrogens with zero attached hydrogens (tertiary/aromatic N) is 1. The van der Waals surface area contributed by atoms with Crippen molar-refractivity contribution in [2.45, 2.75) is 52.4 Å². The van der Waals surface area contributed by atoms with E-state index in [4.69, 9.17) is 9.72 Å². The number of allylic oxidation sites excluding steroid dienone is 1. The van der Waals surface area contributed by atoms with Crippen LogP contribution in [0.1, 0.15) is 73.3 Å². The first kappa shape index (κ1) is 21.9. The lowest BCUT2D eigenvalue weighted by Gasteiger charge is -2.22. The average Bonchev–Trinajstić information content (AvgIpc) is 2.76. The highest BCUT2D eigenvalue weighted by molar-refractivity contribution is 6.07. The van der Waals surface area contributed by atoms with E-state index in [1.165, 1.54) is 12.5 Å². The second-order valence-electron chi connectivity index (χ2n) is 9.50. The lowest BCUT2D eigenvalue weighted by molar-refractivity contribution is -0.120. The first-order chi connectivity index (χ1) is 15.2. The molecule has 4 heteroatoms. The van der Waals surface area contributed by atoms with Crippen LogP contribution in [0.15, 0.2) is 48.5 Å². The fourth-order valence-corrected chi connectivity index (χ4v) is 4.23. The number of para-hydroxylation sites is 1.